The molecule has 0 aliphatic rings. The minimum atomic E-state index is -3.57. The Morgan fingerprint density at radius 1 is 1.29 bits per heavy atom. The number of aryl methyl sites for hydroxylation is 1. The summed E-state index contributed by atoms with van der Waals surface area (Å²) in [5.74, 6) is 0. The van der Waals surface area contributed by atoms with Crippen molar-refractivity contribution in [3.8, 4) is 0 Å². The van der Waals surface area contributed by atoms with Crippen LogP contribution < -0.4 is 10.0 Å². The lowest BCUT2D eigenvalue weighted by Crippen LogP contribution is -2.27. The van der Waals surface area contributed by atoms with Gasteiger partial charge in [0.1, 0.15) is 0 Å². The fourth-order valence-corrected chi connectivity index (χ4v) is 2.87. The lowest BCUT2D eigenvalue weighted by atomic mass is 10.3. The Balaban J connectivity index is 1.96. The summed E-state index contributed by atoms with van der Waals surface area (Å²) < 4.78 is 28.5. The van der Waals surface area contributed by atoms with Gasteiger partial charge >= 0.3 is 0 Å². The maximum Gasteiger partial charge on any atom is 0.258 e. The number of pyridine rings is 1. The predicted molar refractivity (Wildman–Crippen MR) is 79.1 cm³/mol. The molecule has 2 aromatic heterocycles. The van der Waals surface area contributed by atoms with Gasteiger partial charge < -0.3 is 5.32 Å². The molecule has 0 spiro atoms. The second-order valence-corrected chi connectivity index (χ2v) is 6.34. The molecule has 0 atom stereocenters. The number of rotatable bonds is 7. The van der Waals surface area contributed by atoms with E-state index in [9.17, 15) is 8.42 Å². The number of aromatic nitrogens is 3. The van der Waals surface area contributed by atoms with Crippen LogP contribution in [0.2, 0.25) is 0 Å². The van der Waals surface area contributed by atoms with Crippen molar-refractivity contribution in [3.63, 3.8) is 0 Å². The van der Waals surface area contributed by atoms with Gasteiger partial charge in [0.05, 0.1) is 0 Å². The first kappa shape index (κ1) is 15.6. The van der Waals surface area contributed by atoms with E-state index >= 15 is 0 Å². The van der Waals surface area contributed by atoms with Crippen LogP contribution in [0.3, 0.4) is 0 Å². The Morgan fingerprint density at radius 2 is 2.10 bits per heavy atom. The summed E-state index contributed by atoms with van der Waals surface area (Å²) in [5.41, 5.74) is 1.90. The van der Waals surface area contributed by atoms with E-state index in [1.54, 1.807) is 23.1 Å². The first-order valence-corrected chi connectivity index (χ1v) is 8.07. The molecular weight excluding hydrogens is 290 g/mol. The molecule has 8 heteroatoms. The zero-order valence-electron chi connectivity index (χ0n) is 12.1. The molecule has 2 N–H and O–H groups in total. The van der Waals surface area contributed by atoms with Crippen molar-refractivity contribution in [3.05, 3.63) is 41.9 Å². The Labute approximate surface area is 124 Å². The normalized spacial score (nSPS) is 11.7. The van der Waals surface area contributed by atoms with Crippen molar-refractivity contribution in [1.82, 2.24) is 24.8 Å². The maximum atomic E-state index is 12.1. The second-order valence-electron chi connectivity index (χ2n) is 4.63. The van der Waals surface area contributed by atoms with E-state index in [-0.39, 0.29) is 5.03 Å². The summed E-state index contributed by atoms with van der Waals surface area (Å²) in [6, 6.07) is 5.12. The molecule has 0 saturated heterocycles. The van der Waals surface area contributed by atoms with Crippen molar-refractivity contribution in [2.75, 3.05) is 13.6 Å². The highest BCUT2D eigenvalue weighted by molar-refractivity contribution is 7.89. The van der Waals surface area contributed by atoms with Crippen LogP contribution in [-0.4, -0.2) is 36.8 Å². The van der Waals surface area contributed by atoms with Crippen LogP contribution in [0.25, 0.3) is 0 Å². The van der Waals surface area contributed by atoms with Gasteiger partial charge in [0, 0.05) is 44.6 Å². The zero-order chi connectivity index (χ0) is 15.3. The van der Waals surface area contributed by atoms with Gasteiger partial charge in [-0.1, -0.05) is 6.07 Å². The molecule has 0 amide bonds. The number of nitrogens with one attached hydrogen (secondary N) is 2. The average molecular weight is 309 g/mol. The largest absolute Gasteiger partial charge is 0.316 e. The van der Waals surface area contributed by atoms with Gasteiger partial charge in [0.2, 0.25) is 0 Å². The van der Waals surface area contributed by atoms with Crippen LogP contribution in [0, 0.1) is 0 Å². The summed E-state index contributed by atoms with van der Waals surface area (Å²) in [7, 11) is 0.0801. The van der Waals surface area contributed by atoms with Crippen LogP contribution in [0.15, 0.2) is 35.6 Å². The SMILES string of the molecule is CNCc1ccc(S(=O)(=O)NCCc2ccnn2C)nc1. The van der Waals surface area contributed by atoms with Gasteiger partial charge in [-0.25, -0.2) is 18.1 Å². The van der Waals surface area contributed by atoms with E-state index in [4.69, 9.17) is 0 Å². The molecule has 0 aromatic carbocycles. The van der Waals surface area contributed by atoms with E-state index in [1.165, 1.54) is 6.07 Å². The van der Waals surface area contributed by atoms with Gasteiger partial charge in [0.25, 0.3) is 10.0 Å². The summed E-state index contributed by atoms with van der Waals surface area (Å²) in [5, 5.41) is 7.06. The summed E-state index contributed by atoms with van der Waals surface area (Å²) in [4.78, 5) is 3.99. The zero-order valence-corrected chi connectivity index (χ0v) is 12.9. The van der Waals surface area contributed by atoms with Crippen LogP contribution in [0.4, 0.5) is 0 Å². The number of sulfonamides is 1. The van der Waals surface area contributed by atoms with Crippen molar-refractivity contribution >= 4 is 10.0 Å². The average Bonchev–Trinajstić information content (AvgIpc) is 2.85. The fourth-order valence-electron chi connectivity index (χ4n) is 1.91. The van der Waals surface area contributed by atoms with Crippen LogP contribution in [0.5, 0.6) is 0 Å². The Bertz CT molecular complexity index is 679. The summed E-state index contributed by atoms with van der Waals surface area (Å²) in [6.07, 6.45) is 3.83. The van der Waals surface area contributed by atoms with Crippen LogP contribution in [0.1, 0.15) is 11.3 Å². The minimum absolute atomic E-state index is 0.0346. The molecule has 0 bridgehead atoms. The smallest absolute Gasteiger partial charge is 0.258 e. The van der Waals surface area contributed by atoms with Gasteiger partial charge in [-0.2, -0.15) is 5.10 Å². The molecule has 0 unspecified atom stereocenters. The van der Waals surface area contributed by atoms with E-state index in [1.807, 2.05) is 20.2 Å². The molecule has 0 fully saturated rings. The van der Waals surface area contributed by atoms with Crippen molar-refractivity contribution in [2.24, 2.45) is 7.05 Å². The molecule has 0 aliphatic carbocycles. The summed E-state index contributed by atoms with van der Waals surface area (Å²) in [6.45, 7) is 0.961. The number of nitrogens with zero attached hydrogens (tertiary/aromatic N) is 3. The molecule has 114 valence electrons. The van der Waals surface area contributed by atoms with E-state index in [0.717, 1.165) is 11.3 Å². The third-order valence-electron chi connectivity index (χ3n) is 3.05. The highest BCUT2D eigenvalue weighted by Crippen LogP contribution is 2.07. The lowest BCUT2D eigenvalue weighted by molar-refractivity contribution is 0.575. The molecular formula is C13H19N5O2S. The predicted octanol–water partition coefficient (Wildman–Crippen LogP) is 0.0555. The van der Waals surface area contributed by atoms with Gasteiger partial charge in [-0.15, -0.1) is 0 Å². The number of hydrogen-bond acceptors (Lipinski definition) is 5. The molecule has 7 nitrogen and oxygen atoms in total. The quantitative estimate of drug-likeness (QED) is 0.755. The third kappa shape index (κ3) is 4.10. The lowest BCUT2D eigenvalue weighted by Gasteiger charge is -2.07. The van der Waals surface area contributed by atoms with Crippen molar-refractivity contribution < 1.29 is 8.42 Å². The Morgan fingerprint density at radius 3 is 2.67 bits per heavy atom. The van der Waals surface area contributed by atoms with Crippen LogP contribution in [-0.2, 0) is 30.0 Å². The molecule has 2 aromatic rings. The Kier molecular flexibility index (Phi) is 5.05. The molecule has 2 heterocycles. The van der Waals surface area contributed by atoms with Crippen molar-refractivity contribution in [2.45, 2.75) is 18.0 Å². The molecule has 0 radical (unpaired) electrons. The van der Waals surface area contributed by atoms with E-state index in [0.29, 0.717) is 19.5 Å². The van der Waals surface area contributed by atoms with Crippen LogP contribution >= 0.6 is 0 Å². The van der Waals surface area contributed by atoms with Gasteiger partial charge in [-0.3, -0.25) is 4.68 Å². The fraction of sp³-hybridized carbons (Fsp3) is 0.385. The highest BCUT2D eigenvalue weighted by atomic mass is 32.2. The minimum Gasteiger partial charge on any atom is -0.316 e. The molecule has 0 aliphatic heterocycles. The number of hydrogen-bond donors (Lipinski definition) is 2. The monoisotopic (exact) mass is 309 g/mol. The standard InChI is InChI=1S/C13H19N5O2S/c1-14-9-11-3-4-13(15-10-11)21(19,20)17-8-6-12-5-7-16-18(12)2/h3-5,7,10,14,17H,6,8-9H2,1-2H3. The highest BCUT2D eigenvalue weighted by Gasteiger charge is 2.15. The molecule has 2 rings (SSSR count). The maximum absolute atomic E-state index is 12.1. The Hall–Kier alpha value is -1.77. The van der Waals surface area contributed by atoms with E-state index in [2.05, 4.69) is 20.1 Å². The van der Waals surface area contributed by atoms with Gasteiger partial charge in [0.15, 0.2) is 5.03 Å². The molecule has 21 heavy (non-hydrogen) atoms. The topological polar surface area (TPSA) is 88.9 Å². The first-order valence-electron chi connectivity index (χ1n) is 6.59. The van der Waals surface area contributed by atoms with E-state index < -0.39 is 10.0 Å². The first-order chi connectivity index (χ1) is 10.0. The van der Waals surface area contributed by atoms with Crippen molar-refractivity contribution in [1.29, 1.82) is 0 Å². The third-order valence-corrected chi connectivity index (χ3v) is 4.43. The molecule has 0 saturated carbocycles. The second kappa shape index (κ2) is 6.79. The van der Waals surface area contributed by atoms with Gasteiger partial charge in [-0.05, 0) is 24.7 Å². The summed E-state index contributed by atoms with van der Waals surface area (Å²) >= 11 is 0.